The fourth-order valence-electron chi connectivity index (χ4n) is 1.10. The summed E-state index contributed by atoms with van der Waals surface area (Å²) in [5.74, 6) is -0.604. The van der Waals surface area contributed by atoms with Crippen LogP contribution in [-0.4, -0.2) is 8.42 Å². The van der Waals surface area contributed by atoms with Crippen LogP contribution in [0, 0.1) is 0 Å². The van der Waals surface area contributed by atoms with Crippen LogP contribution >= 0.6 is 26.6 Å². The highest BCUT2D eigenvalue weighted by molar-refractivity contribution is 9.10. The molecule has 0 aromatic heterocycles. The quantitative estimate of drug-likeness (QED) is 0.800. The van der Waals surface area contributed by atoms with Gasteiger partial charge in [-0.05, 0) is 17.7 Å². The Morgan fingerprint density at radius 3 is 2.47 bits per heavy atom. The lowest BCUT2D eigenvalue weighted by Crippen LogP contribution is -2.00. The Morgan fingerprint density at radius 1 is 1.40 bits per heavy atom. The maximum Gasteiger partial charge on any atom is 0.264 e. The van der Waals surface area contributed by atoms with Crippen molar-refractivity contribution in [2.75, 3.05) is 0 Å². The molecule has 1 rings (SSSR count). The molecule has 1 aromatic carbocycles. The van der Waals surface area contributed by atoms with Crippen LogP contribution in [0.15, 0.2) is 22.7 Å². The van der Waals surface area contributed by atoms with E-state index in [2.05, 4.69) is 15.9 Å². The van der Waals surface area contributed by atoms with Gasteiger partial charge in [-0.1, -0.05) is 22.0 Å². The van der Waals surface area contributed by atoms with Crippen molar-refractivity contribution in [3.63, 3.8) is 0 Å². The molecule has 0 saturated heterocycles. The van der Waals surface area contributed by atoms with Crippen LogP contribution in [0.4, 0.5) is 8.78 Å². The predicted octanol–water partition coefficient (Wildman–Crippen LogP) is 3.46. The molecule has 0 unspecified atom stereocenters. The molecule has 15 heavy (non-hydrogen) atoms. The number of rotatable bonds is 3. The zero-order chi connectivity index (χ0) is 11.6. The number of hydrogen-bond donors (Lipinski definition) is 0. The Balaban J connectivity index is 3.19. The highest BCUT2D eigenvalue weighted by atomic mass is 79.9. The zero-order valence-electron chi connectivity index (χ0n) is 7.25. The molecule has 0 atom stereocenters. The average molecular weight is 320 g/mol. The molecule has 0 heterocycles. The van der Waals surface area contributed by atoms with E-state index in [0.29, 0.717) is 4.47 Å². The summed E-state index contributed by atoms with van der Waals surface area (Å²) in [6.07, 6.45) is -2.72. The first-order chi connectivity index (χ1) is 6.79. The molecule has 2 nitrogen and oxygen atoms in total. The Hall–Kier alpha value is -0.200. The van der Waals surface area contributed by atoms with E-state index in [1.807, 2.05) is 0 Å². The first-order valence-corrected chi connectivity index (χ1v) is 7.05. The molecule has 0 aliphatic carbocycles. The van der Waals surface area contributed by atoms with Crippen molar-refractivity contribution in [2.45, 2.75) is 12.2 Å². The second kappa shape index (κ2) is 4.76. The Labute approximate surface area is 98.8 Å². The van der Waals surface area contributed by atoms with Crippen molar-refractivity contribution in [3.8, 4) is 0 Å². The largest absolute Gasteiger partial charge is 0.264 e. The average Bonchev–Trinajstić information content (AvgIpc) is 1.99. The van der Waals surface area contributed by atoms with E-state index < -0.39 is 21.2 Å². The summed E-state index contributed by atoms with van der Waals surface area (Å²) >= 11 is 3.07. The van der Waals surface area contributed by atoms with Crippen molar-refractivity contribution in [1.82, 2.24) is 0 Å². The molecule has 7 heteroatoms. The zero-order valence-corrected chi connectivity index (χ0v) is 10.4. The van der Waals surface area contributed by atoms with Gasteiger partial charge in [-0.25, -0.2) is 17.2 Å². The third-order valence-electron chi connectivity index (χ3n) is 1.67. The van der Waals surface area contributed by atoms with E-state index in [1.165, 1.54) is 18.2 Å². The van der Waals surface area contributed by atoms with Crippen LogP contribution in [0.5, 0.6) is 0 Å². The summed E-state index contributed by atoms with van der Waals surface area (Å²) < 4.78 is 47.1. The van der Waals surface area contributed by atoms with Gasteiger partial charge >= 0.3 is 0 Å². The summed E-state index contributed by atoms with van der Waals surface area (Å²) in [6, 6.07) is 3.92. The van der Waals surface area contributed by atoms with Gasteiger partial charge in [0.2, 0.25) is 9.05 Å². The predicted molar refractivity (Wildman–Crippen MR) is 57.6 cm³/mol. The van der Waals surface area contributed by atoms with E-state index in [9.17, 15) is 17.2 Å². The van der Waals surface area contributed by atoms with Crippen molar-refractivity contribution >= 4 is 35.7 Å². The van der Waals surface area contributed by atoms with E-state index in [0.717, 1.165) is 0 Å². The highest BCUT2D eigenvalue weighted by Crippen LogP contribution is 2.27. The van der Waals surface area contributed by atoms with E-state index in [-0.39, 0.29) is 11.1 Å². The van der Waals surface area contributed by atoms with E-state index >= 15 is 0 Å². The van der Waals surface area contributed by atoms with Crippen molar-refractivity contribution in [1.29, 1.82) is 0 Å². The van der Waals surface area contributed by atoms with Gasteiger partial charge in [-0.15, -0.1) is 0 Å². The van der Waals surface area contributed by atoms with Crippen LogP contribution in [0.25, 0.3) is 0 Å². The third-order valence-corrected chi connectivity index (χ3v) is 3.14. The van der Waals surface area contributed by atoms with Crippen molar-refractivity contribution < 1.29 is 17.2 Å². The molecule has 0 aliphatic heterocycles. The lowest BCUT2D eigenvalue weighted by atomic mass is 10.1. The number of alkyl halides is 2. The van der Waals surface area contributed by atoms with Crippen LogP contribution in [0.1, 0.15) is 17.6 Å². The molecule has 0 fully saturated rings. The Morgan fingerprint density at radius 2 is 2.00 bits per heavy atom. The Kier molecular flexibility index (Phi) is 4.08. The number of halogens is 4. The van der Waals surface area contributed by atoms with Crippen LogP contribution in [-0.2, 0) is 14.8 Å². The molecule has 0 aliphatic rings. The second-order valence-corrected chi connectivity index (χ2v) is 6.52. The van der Waals surface area contributed by atoms with Gasteiger partial charge in [0.1, 0.15) is 0 Å². The molecular weight excluding hydrogens is 314 g/mol. The number of hydrogen-bond acceptors (Lipinski definition) is 2. The summed E-state index contributed by atoms with van der Waals surface area (Å²) in [4.78, 5) is 0. The highest BCUT2D eigenvalue weighted by Gasteiger charge is 2.17. The molecule has 0 bridgehead atoms. The van der Waals surface area contributed by atoms with Gasteiger partial charge in [-0.3, -0.25) is 0 Å². The second-order valence-electron chi connectivity index (χ2n) is 2.83. The maximum absolute atomic E-state index is 12.5. The number of benzene rings is 1. The topological polar surface area (TPSA) is 34.1 Å². The molecule has 0 N–H and O–H groups in total. The standard InChI is InChI=1S/C8H6BrClF2O2S/c9-6-1-2-7(8(11)12)5(3-6)4-15(10,13)14/h1-3,8H,4H2. The summed E-state index contributed by atoms with van der Waals surface area (Å²) in [6.45, 7) is 0. The van der Waals surface area contributed by atoms with Crippen LogP contribution < -0.4 is 0 Å². The van der Waals surface area contributed by atoms with Crippen molar-refractivity contribution in [2.24, 2.45) is 0 Å². The van der Waals surface area contributed by atoms with Gasteiger partial charge in [0.25, 0.3) is 6.43 Å². The molecule has 0 saturated carbocycles. The molecule has 1 aromatic rings. The summed E-state index contributed by atoms with van der Waals surface area (Å²) in [7, 11) is 1.18. The lowest BCUT2D eigenvalue weighted by Gasteiger charge is -2.07. The van der Waals surface area contributed by atoms with Gasteiger partial charge in [0.15, 0.2) is 0 Å². The minimum absolute atomic E-state index is 0.00868. The fourth-order valence-corrected chi connectivity index (χ4v) is 2.48. The molecule has 84 valence electrons. The first kappa shape index (κ1) is 12.9. The lowest BCUT2D eigenvalue weighted by molar-refractivity contribution is 0.150. The van der Waals surface area contributed by atoms with Crippen LogP contribution in [0.2, 0.25) is 0 Å². The minimum atomic E-state index is -3.83. The summed E-state index contributed by atoms with van der Waals surface area (Å²) in [5.41, 5.74) is -0.309. The molecule has 0 radical (unpaired) electrons. The normalized spacial score (nSPS) is 12.1. The van der Waals surface area contributed by atoms with Gasteiger partial charge in [-0.2, -0.15) is 0 Å². The van der Waals surface area contributed by atoms with Gasteiger partial charge in [0.05, 0.1) is 5.75 Å². The summed E-state index contributed by atoms with van der Waals surface area (Å²) in [5, 5.41) is 0. The molecule has 0 spiro atoms. The SMILES string of the molecule is O=S(=O)(Cl)Cc1cc(Br)ccc1C(F)F. The maximum atomic E-state index is 12.5. The monoisotopic (exact) mass is 318 g/mol. The van der Waals surface area contributed by atoms with E-state index in [1.54, 1.807) is 0 Å². The van der Waals surface area contributed by atoms with Crippen LogP contribution in [0.3, 0.4) is 0 Å². The van der Waals surface area contributed by atoms with E-state index in [4.69, 9.17) is 10.7 Å². The third kappa shape index (κ3) is 4.04. The molecule has 0 amide bonds. The van der Waals surface area contributed by atoms with Gasteiger partial charge < -0.3 is 0 Å². The van der Waals surface area contributed by atoms with Gasteiger partial charge in [0, 0.05) is 20.7 Å². The van der Waals surface area contributed by atoms with Crippen molar-refractivity contribution in [3.05, 3.63) is 33.8 Å². The molecular formula is C8H6BrClF2O2S. The minimum Gasteiger partial charge on any atom is -0.212 e. The Bertz CT molecular complexity index is 462. The fraction of sp³-hybridized carbons (Fsp3) is 0.250. The first-order valence-electron chi connectivity index (χ1n) is 3.78. The smallest absolute Gasteiger partial charge is 0.212 e.